The molecule has 1 aromatic heterocycles. The molecule has 0 aliphatic heterocycles. The predicted molar refractivity (Wildman–Crippen MR) is 85.0 cm³/mol. The number of fused-ring (bicyclic) bond motifs is 1. The van der Waals surface area contributed by atoms with Crippen molar-refractivity contribution >= 4 is 34.2 Å². The number of hydrogen-bond acceptors (Lipinski definition) is 1. The summed E-state index contributed by atoms with van der Waals surface area (Å²) in [6, 6.07) is 10.8. The summed E-state index contributed by atoms with van der Waals surface area (Å²) in [5.41, 5.74) is 3.03. The minimum Gasteiger partial charge on any atom is -0.292 e. The second-order valence-electron chi connectivity index (χ2n) is 4.99. The Morgan fingerprint density at radius 1 is 1.24 bits per heavy atom. The Kier molecular flexibility index (Phi) is 3.64. The molecule has 0 aliphatic rings. The maximum absolute atomic E-state index is 14.4. The van der Waals surface area contributed by atoms with E-state index in [9.17, 15) is 4.39 Å². The van der Waals surface area contributed by atoms with Crippen LogP contribution in [0.2, 0.25) is 5.02 Å². The van der Waals surface area contributed by atoms with Crippen molar-refractivity contribution in [1.82, 2.24) is 9.55 Å². The van der Waals surface area contributed by atoms with E-state index in [0.29, 0.717) is 11.5 Å². The van der Waals surface area contributed by atoms with Gasteiger partial charge in [-0.2, -0.15) is 0 Å². The third-order valence-electron chi connectivity index (χ3n) is 3.36. The van der Waals surface area contributed by atoms with Gasteiger partial charge in [-0.25, -0.2) is 9.37 Å². The van der Waals surface area contributed by atoms with E-state index in [1.807, 2.05) is 32.0 Å². The van der Waals surface area contributed by atoms with Crippen LogP contribution in [0.5, 0.6) is 0 Å². The van der Waals surface area contributed by atoms with E-state index in [0.717, 1.165) is 16.6 Å². The van der Waals surface area contributed by atoms with Crippen LogP contribution in [0.25, 0.3) is 16.7 Å². The van der Waals surface area contributed by atoms with Gasteiger partial charge in [-0.05, 0) is 43.7 Å². The molecule has 0 bridgehead atoms. The first-order valence-electron chi connectivity index (χ1n) is 6.56. The molecule has 1 atom stereocenters. The Morgan fingerprint density at radius 3 is 2.71 bits per heavy atom. The van der Waals surface area contributed by atoms with E-state index in [1.54, 1.807) is 16.7 Å². The van der Waals surface area contributed by atoms with Crippen molar-refractivity contribution in [1.29, 1.82) is 0 Å². The molecule has 0 fully saturated rings. The molecule has 1 unspecified atom stereocenters. The number of nitrogens with zero attached hydrogens (tertiary/aromatic N) is 2. The molecule has 0 amide bonds. The van der Waals surface area contributed by atoms with Gasteiger partial charge in [0.15, 0.2) is 5.82 Å². The van der Waals surface area contributed by atoms with E-state index in [1.165, 1.54) is 6.07 Å². The van der Waals surface area contributed by atoms with E-state index in [-0.39, 0.29) is 10.4 Å². The molecule has 5 heteroatoms. The van der Waals surface area contributed by atoms with Crippen LogP contribution in [0.4, 0.5) is 4.39 Å². The Morgan fingerprint density at radius 2 is 2.00 bits per heavy atom. The van der Waals surface area contributed by atoms with Gasteiger partial charge in [0.1, 0.15) is 5.82 Å². The number of alkyl halides is 1. The second-order valence-corrected chi connectivity index (χ2v) is 6.05. The summed E-state index contributed by atoms with van der Waals surface area (Å²) < 4.78 is 16.2. The molecular formula is C16H13Cl2FN2. The molecule has 0 saturated heterocycles. The lowest BCUT2D eigenvalue weighted by molar-refractivity contribution is 0.617. The average molecular weight is 323 g/mol. The first-order valence-corrected chi connectivity index (χ1v) is 7.38. The number of imidazole rings is 1. The first kappa shape index (κ1) is 14.4. The van der Waals surface area contributed by atoms with Crippen molar-refractivity contribution in [3.63, 3.8) is 0 Å². The fourth-order valence-corrected chi connectivity index (χ4v) is 2.70. The molecule has 2 nitrogen and oxygen atoms in total. The number of rotatable bonds is 2. The van der Waals surface area contributed by atoms with E-state index < -0.39 is 5.82 Å². The van der Waals surface area contributed by atoms with E-state index in [4.69, 9.17) is 23.2 Å². The number of benzene rings is 2. The Hall–Kier alpha value is -1.58. The lowest BCUT2D eigenvalue weighted by atomic mass is 10.2. The quantitative estimate of drug-likeness (QED) is 0.575. The number of aryl methyl sites for hydroxylation is 1. The highest BCUT2D eigenvalue weighted by molar-refractivity contribution is 6.30. The highest BCUT2D eigenvalue weighted by atomic mass is 35.5. The average Bonchev–Trinajstić information content (AvgIpc) is 2.80. The topological polar surface area (TPSA) is 17.8 Å². The van der Waals surface area contributed by atoms with Gasteiger partial charge in [0.2, 0.25) is 0 Å². The van der Waals surface area contributed by atoms with Crippen molar-refractivity contribution in [2.75, 3.05) is 0 Å². The SMILES string of the molecule is Cc1ccc2nc(C(C)Cl)n(-c3cccc(Cl)c3F)c2c1. The zero-order valence-corrected chi connectivity index (χ0v) is 13.1. The lowest BCUT2D eigenvalue weighted by Crippen LogP contribution is -2.04. The van der Waals surface area contributed by atoms with Gasteiger partial charge in [0.25, 0.3) is 0 Å². The summed E-state index contributed by atoms with van der Waals surface area (Å²) in [6.45, 7) is 3.80. The summed E-state index contributed by atoms with van der Waals surface area (Å²) >= 11 is 12.1. The maximum atomic E-state index is 14.4. The van der Waals surface area contributed by atoms with Gasteiger partial charge >= 0.3 is 0 Å². The summed E-state index contributed by atoms with van der Waals surface area (Å²) in [5, 5.41) is -0.272. The Balaban J connectivity index is 2.41. The van der Waals surface area contributed by atoms with Crippen LogP contribution in [-0.4, -0.2) is 9.55 Å². The molecule has 3 aromatic rings. The maximum Gasteiger partial charge on any atom is 0.165 e. The van der Waals surface area contributed by atoms with Gasteiger partial charge in [0.05, 0.1) is 27.1 Å². The molecule has 0 aliphatic carbocycles. The van der Waals surface area contributed by atoms with Gasteiger partial charge in [0, 0.05) is 0 Å². The van der Waals surface area contributed by atoms with Crippen molar-refractivity contribution in [2.24, 2.45) is 0 Å². The van der Waals surface area contributed by atoms with E-state index in [2.05, 4.69) is 4.98 Å². The molecular weight excluding hydrogens is 310 g/mol. The van der Waals surface area contributed by atoms with Crippen LogP contribution >= 0.6 is 23.2 Å². The Labute approximate surface area is 132 Å². The third-order valence-corrected chi connectivity index (χ3v) is 3.85. The van der Waals surface area contributed by atoms with Crippen LogP contribution < -0.4 is 0 Å². The molecule has 0 spiro atoms. The fraction of sp³-hybridized carbons (Fsp3) is 0.188. The van der Waals surface area contributed by atoms with Gasteiger partial charge in [-0.15, -0.1) is 11.6 Å². The standard InChI is InChI=1S/C16H13Cl2FN2/c1-9-6-7-12-14(8-9)21(16(20-12)10(2)17)13-5-3-4-11(18)15(13)19/h3-8,10H,1-2H3. The monoisotopic (exact) mass is 322 g/mol. The fourth-order valence-electron chi connectivity index (χ4n) is 2.39. The second kappa shape index (κ2) is 5.32. The summed E-state index contributed by atoms with van der Waals surface area (Å²) in [6.07, 6.45) is 0. The number of aromatic nitrogens is 2. The summed E-state index contributed by atoms with van der Waals surface area (Å²) in [7, 11) is 0. The van der Waals surface area contributed by atoms with Crippen LogP contribution in [0.15, 0.2) is 36.4 Å². The minimum absolute atomic E-state index is 0.0789. The summed E-state index contributed by atoms with van der Waals surface area (Å²) in [4.78, 5) is 4.52. The largest absolute Gasteiger partial charge is 0.292 e. The molecule has 1 heterocycles. The summed E-state index contributed by atoms with van der Waals surface area (Å²) in [5.74, 6) is 0.122. The van der Waals surface area contributed by atoms with Gasteiger partial charge in [-0.3, -0.25) is 4.57 Å². The number of halogens is 3. The zero-order chi connectivity index (χ0) is 15.1. The van der Waals surface area contributed by atoms with Crippen LogP contribution in [-0.2, 0) is 0 Å². The van der Waals surface area contributed by atoms with Gasteiger partial charge < -0.3 is 0 Å². The van der Waals surface area contributed by atoms with Crippen LogP contribution in [0.3, 0.4) is 0 Å². The Bertz CT molecular complexity index is 825. The van der Waals surface area contributed by atoms with Crippen LogP contribution in [0.1, 0.15) is 23.7 Å². The molecule has 0 N–H and O–H groups in total. The highest BCUT2D eigenvalue weighted by Crippen LogP contribution is 2.31. The third kappa shape index (κ3) is 2.41. The van der Waals surface area contributed by atoms with Crippen molar-refractivity contribution in [3.8, 4) is 5.69 Å². The number of hydrogen-bond donors (Lipinski definition) is 0. The molecule has 21 heavy (non-hydrogen) atoms. The van der Waals surface area contributed by atoms with Gasteiger partial charge in [-0.1, -0.05) is 23.7 Å². The molecule has 108 valence electrons. The van der Waals surface area contributed by atoms with Crippen molar-refractivity contribution < 1.29 is 4.39 Å². The molecule has 0 saturated carbocycles. The van der Waals surface area contributed by atoms with Crippen molar-refractivity contribution in [3.05, 3.63) is 58.6 Å². The molecule has 3 rings (SSSR count). The van der Waals surface area contributed by atoms with E-state index >= 15 is 0 Å². The predicted octanol–water partition coefficient (Wildman–Crippen LogP) is 5.43. The highest BCUT2D eigenvalue weighted by Gasteiger charge is 2.19. The normalized spacial score (nSPS) is 12.8. The smallest absolute Gasteiger partial charge is 0.165 e. The lowest BCUT2D eigenvalue weighted by Gasteiger charge is -2.12. The van der Waals surface area contributed by atoms with Crippen molar-refractivity contribution in [2.45, 2.75) is 19.2 Å². The molecule has 0 radical (unpaired) electrons. The molecule has 2 aromatic carbocycles. The first-order chi connectivity index (χ1) is 9.99. The zero-order valence-electron chi connectivity index (χ0n) is 11.6. The minimum atomic E-state index is -0.474. The van der Waals surface area contributed by atoms with Crippen LogP contribution in [0, 0.1) is 12.7 Å².